The summed E-state index contributed by atoms with van der Waals surface area (Å²) < 4.78 is 0. The second-order valence-electron chi connectivity index (χ2n) is 2.29. The maximum absolute atomic E-state index is 2.13. The van der Waals surface area contributed by atoms with Crippen LogP contribution in [-0.2, 0) is 0 Å². The van der Waals surface area contributed by atoms with E-state index in [1.54, 1.807) is 0 Å². The Balaban J connectivity index is 2.02. The van der Waals surface area contributed by atoms with Gasteiger partial charge in [-0.1, -0.05) is 0 Å². The van der Waals surface area contributed by atoms with Gasteiger partial charge in [-0.15, -0.1) is 0 Å². The Morgan fingerprint density at radius 2 is 1.00 bits per heavy atom. The zero-order chi connectivity index (χ0) is 6.36. The van der Waals surface area contributed by atoms with E-state index >= 15 is 0 Å². The normalized spacial score (nSPS) is 24.0. The van der Waals surface area contributed by atoms with Gasteiger partial charge in [0, 0.05) is 0 Å². The Labute approximate surface area is 66.2 Å². The van der Waals surface area contributed by atoms with Crippen LogP contribution in [0.1, 0.15) is 19.3 Å². The highest BCUT2D eigenvalue weighted by Crippen LogP contribution is 2.15. The highest BCUT2D eigenvalue weighted by molar-refractivity contribution is 8.00. The largest absolute Gasteiger partial charge is 0.162 e. The molecule has 0 bridgehead atoms. The summed E-state index contributed by atoms with van der Waals surface area (Å²) in [4.78, 5) is 0. The molecule has 1 heterocycles. The van der Waals surface area contributed by atoms with E-state index in [0.29, 0.717) is 0 Å². The zero-order valence-electron chi connectivity index (χ0n) is 5.77. The Kier molecular flexibility index (Phi) is 4.75. The lowest BCUT2D eigenvalue weighted by Crippen LogP contribution is -1.82. The summed E-state index contributed by atoms with van der Waals surface area (Å²) in [7, 11) is 0. The Bertz CT molecular complexity index is 35.4. The first-order chi connectivity index (χ1) is 4.50. The highest BCUT2D eigenvalue weighted by atomic mass is 32.2. The summed E-state index contributed by atoms with van der Waals surface area (Å²) >= 11 is 4.26. The van der Waals surface area contributed by atoms with Crippen LogP contribution in [0.15, 0.2) is 0 Å². The van der Waals surface area contributed by atoms with Crippen LogP contribution in [0.3, 0.4) is 0 Å². The minimum absolute atomic E-state index is 1.40. The molecule has 1 aliphatic heterocycles. The topological polar surface area (TPSA) is 0 Å². The molecule has 54 valence electrons. The Morgan fingerprint density at radius 3 is 1.56 bits per heavy atom. The molecule has 0 saturated carbocycles. The molecule has 0 amide bonds. The third-order valence-corrected chi connectivity index (χ3v) is 3.71. The van der Waals surface area contributed by atoms with Gasteiger partial charge < -0.3 is 0 Å². The summed E-state index contributed by atoms with van der Waals surface area (Å²) in [5, 5.41) is 0. The van der Waals surface area contributed by atoms with Gasteiger partial charge in [0.1, 0.15) is 0 Å². The fourth-order valence-electron chi connectivity index (χ4n) is 0.875. The number of rotatable bonds is 0. The lowest BCUT2D eigenvalue weighted by Gasteiger charge is -1.93. The first-order valence-corrected chi connectivity index (χ1v) is 5.96. The fraction of sp³-hybridized carbons (Fsp3) is 1.00. The van der Waals surface area contributed by atoms with E-state index in [4.69, 9.17) is 0 Å². The first kappa shape index (κ1) is 7.80. The molecular formula is C7H14S2. The van der Waals surface area contributed by atoms with Gasteiger partial charge in [-0.3, -0.25) is 0 Å². The zero-order valence-corrected chi connectivity index (χ0v) is 7.40. The van der Waals surface area contributed by atoms with Crippen molar-refractivity contribution in [2.45, 2.75) is 19.3 Å². The second-order valence-corrected chi connectivity index (χ2v) is 4.73. The van der Waals surface area contributed by atoms with Gasteiger partial charge in [0.05, 0.1) is 0 Å². The molecular weight excluding hydrogens is 148 g/mol. The molecule has 0 aromatic rings. The van der Waals surface area contributed by atoms with Crippen LogP contribution in [0.4, 0.5) is 0 Å². The van der Waals surface area contributed by atoms with Crippen LogP contribution in [0.25, 0.3) is 0 Å². The van der Waals surface area contributed by atoms with E-state index in [2.05, 4.69) is 23.5 Å². The maximum Gasteiger partial charge on any atom is -0.00597 e. The van der Waals surface area contributed by atoms with Crippen molar-refractivity contribution >= 4 is 23.5 Å². The third kappa shape index (κ3) is 4.15. The molecule has 0 spiro atoms. The van der Waals surface area contributed by atoms with Crippen molar-refractivity contribution in [3.05, 3.63) is 0 Å². The molecule has 2 heteroatoms. The molecule has 0 unspecified atom stereocenters. The predicted octanol–water partition coefficient (Wildman–Crippen LogP) is 2.64. The molecule has 0 aliphatic carbocycles. The minimum Gasteiger partial charge on any atom is -0.162 e. The van der Waals surface area contributed by atoms with Crippen molar-refractivity contribution in [1.29, 1.82) is 0 Å². The molecule has 1 rings (SSSR count). The molecule has 1 aliphatic rings. The molecule has 0 radical (unpaired) electrons. The lowest BCUT2D eigenvalue weighted by atomic mass is 10.4. The van der Waals surface area contributed by atoms with Crippen LogP contribution >= 0.6 is 23.5 Å². The van der Waals surface area contributed by atoms with Gasteiger partial charge in [-0.2, -0.15) is 23.5 Å². The van der Waals surface area contributed by atoms with Gasteiger partial charge in [-0.05, 0) is 42.3 Å². The van der Waals surface area contributed by atoms with Crippen molar-refractivity contribution in [1.82, 2.24) is 0 Å². The third-order valence-electron chi connectivity index (χ3n) is 1.40. The Hall–Kier alpha value is 0.700. The van der Waals surface area contributed by atoms with Crippen LogP contribution in [0.2, 0.25) is 0 Å². The number of thioether (sulfide) groups is 2. The average Bonchev–Trinajstić information content (AvgIpc) is 2.00. The summed E-state index contributed by atoms with van der Waals surface area (Å²) in [5.41, 5.74) is 0. The molecule has 0 nitrogen and oxygen atoms in total. The van der Waals surface area contributed by atoms with Crippen LogP contribution < -0.4 is 0 Å². The SMILES string of the molecule is C1CCSCCCSC1. The van der Waals surface area contributed by atoms with Gasteiger partial charge in [0.15, 0.2) is 0 Å². The first-order valence-electron chi connectivity index (χ1n) is 3.65. The highest BCUT2D eigenvalue weighted by Gasteiger charge is 1.95. The minimum atomic E-state index is 1.40. The average molecular weight is 162 g/mol. The van der Waals surface area contributed by atoms with Crippen molar-refractivity contribution in [2.75, 3.05) is 23.0 Å². The van der Waals surface area contributed by atoms with E-state index in [1.807, 2.05) is 0 Å². The summed E-state index contributed by atoms with van der Waals surface area (Å²) in [6.07, 6.45) is 4.31. The summed E-state index contributed by atoms with van der Waals surface area (Å²) in [6, 6.07) is 0. The van der Waals surface area contributed by atoms with E-state index in [9.17, 15) is 0 Å². The molecule has 9 heavy (non-hydrogen) atoms. The monoisotopic (exact) mass is 162 g/mol. The smallest absolute Gasteiger partial charge is 0.00597 e. The van der Waals surface area contributed by atoms with Crippen molar-refractivity contribution in [3.63, 3.8) is 0 Å². The molecule has 1 fully saturated rings. The Morgan fingerprint density at radius 1 is 0.556 bits per heavy atom. The second kappa shape index (κ2) is 5.48. The van der Waals surface area contributed by atoms with E-state index in [0.717, 1.165) is 0 Å². The van der Waals surface area contributed by atoms with Crippen molar-refractivity contribution in [2.24, 2.45) is 0 Å². The summed E-state index contributed by atoms with van der Waals surface area (Å²) in [5.74, 6) is 5.60. The molecule has 0 aromatic heterocycles. The molecule has 0 N–H and O–H groups in total. The van der Waals surface area contributed by atoms with Gasteiger partial charge in [0.25, 0.3) is 0 Å². The van der Waals surface area contributed by atoms with Crippen molar-refractivity contribution in [3.8, 4) is 0 Å². The summed E-state index contributed by atoms with van der Waals surface area (Å²) in [6.45, 7) is 0. The van der Waals surface area contributed by atoms with E-state index in [-0.39, 0.29) is 0 Å². The predicted molar refractivity (Wildman–Crippen MR) is 48.5 cm³/mol. The number of hydrogen-bond acceptors (Lipinski definition) is 2. The maximum atomic E-state index is 2.13. The molecule has 0 aromatic carbocycles. The standard InChI is InChI=1S/C7H14S2/c1-2-5-9-7-3-6-8-4-1/h1-7H2. The lowest BCUT2D eigenvalue weighted by molar-refractivity contribution is 0.909. The number of hydrogen-bond donors (Lipinski definition) is 0. The van der Waals surface area contributed by atoms with E-state index < -0.39 is 0 Å². The van der Waals surface area contributed by atoms with Crippen LogP contribution in [0, 0.1) is 0 Å². The van der Waals surface area contributed by atoms with Crippen molar-refractivity contribution < 1.29 is 0 Å². The van der Waals surface area contributed by atoms with Gasteiger partial charge in [-0.25, -0.2) is 0 Å². The molecule has 0 atom stereocenters. The van der Waals surface area contributed by atoms with Crippen LogP contribution in [-0.4, -0.2) is 23.0 Å². The van der Waals surface area contributed by atoms with Crippen LogP contribution in [0.5, 0.6) is 0 Å². The van der Waals surface area contributed by atoms with Gasteiger partial charge in [0.2, 0.25) is 0 Å². The van der Waals surface area contributed by atoms with E-state index in [1.165, 1.54) is 42.3 Å². The fourth-order valence-corrected chi connectivity index (χ4v) is 2.98. The quantitative estimate of drug-likeness (QED) is 0.537. The molecule has 1 saturated heterocycles. The van der Waals surface area contributed by atoms with Gasteiger partial charge >= 0.3 is 0 Å².